The van der Waals surface area contributed by atoms with Gasteiger partial charge in [0.15, 0.2) is 0 Å². The van der Waals surface area contributed by atoms with Crippen molar-refractivity contribution < 1.29 is 18.9 Å². The highest BCUT2D eigenvalue weighted by Gasteiger charge is 2.11. The lowest BCUT2D eigenvalue weighted by Gasteiger charge is -2.12. The zero-order valence-corrected chi connectivity index (χ0v) is 20.4. The summed E-state index contributed by atoms with van der Waals surface area (Å²) in [5.74, 6) is 3.21. The fraction of sp³-hybridized carbons (Fsp3) is 0.129. The summed E-state index contributed by atoms with van der Waals surface area (Å²) in [6.07, 6.45) is 0. The highest BCUT2D eigenvalue weighted by Crippen LogP contribution is 2.31. The van der Waals surface area contributed by atoms with Gasteiger partial charge in [0.1, 0.15) is 23.0 Å². The van der Waals surface area contributed by atoms with Crippen LogP contribution in [0.3, 0.4) is 0 Å². The minimum atomic E-state index is 0.803. The molecule has 0 aliphatic heterocycles. The lowest BCUT2D eigenvalue weighted by molar-refractivity contribution is 0.414. The molecular formula is C31H28O4. The molecule has 0 unspecified atom stereocenters. The SMILES string of the molecule is COc1ccc(C(=C=C(c2ccc(OC)cc2)c2ccc(OC)cc2)c2ccc(OC)cc2)cc1. The summed E-state index contributed by atoms with van der Waals surface area (Å²) in [4.78, 5) is 0. The Labute approximate surface area is 206 Å². The smallest absolute Gasteiger partial charge is 0.118 e. The van der Waals surface area contributed by atoms with Crippen molar-refractivity contribution in [2.24, 2.45) is 0 Å². The van der Waals surface area contributed by atoms with Gasteiger partial charge in [0, 0.05) is 11.1 Å². The van der Waals surface area contributed by atoms with Crippen molar-refractivity contribution in [1.29, 1.82) is 0 Å². The zero-order valence-electron chi connectivity index (χ0n) is 20.4. The molecular weight excluding hydrogens is 436 g/mol. The number of rotatable bonds is 8. The van der Waals surface area contributed by atoms with Crippen LogP contribution in [0.1, 0.15) is 22.3 Å². The Kier molecular flexibility index (Phi) is 7.57. The molecule has 0 radical (unpaired) electrons. The van der Waals surface area contributed by atoms with Crippen molar-refractivity contribution in [2.45, 2.75) is 0 Å². The molecule has 4 heteroatoms. The molecule has 0 heterocycles. The maximum Gasteiger partial charge on any atom is 0.118 e. The number of ether oxygens (including phenoxy) is 4. The van der Waals surface area contributed by atoms with E-state index in [4.69, 9.17) is 18.9 Å². The molecule has 0 aliphatic carbocycles. The van der Waals surface area contributed by atoms with Crippen molar-refractivity contribution in [2.75, 3.05) is 28.4 Å². The quantitative estimate of drug-likeness (QED) is 0.266. The third kappa shape index (κ3) is 5.57. The molecule has 35 heavy (non-hydrogen) atoms. The Morgan fingerprint density at radius 1 is 0.371 bits per heavy atom. The van der Waals surface area contributed by atoms with Crippen LogP contribution in [-0.4, -0.2) is 28.4 Å². The van der Waals surface area contributed by atoms with E-state index in [1.807, 2.05) is 97.1 Å². The first-order chi connectivity index (χ1) is 17.1. The van der Waals surface area contributed by atoms with Crippen LogP contribution < -0.4 is 18.9 Å². The van der Waals surface area contributed by atoms with E-state index in [2.05, 4.69) is 5.73 Å². The van der Waals surface area contributed by atoms with Crippen molar-refractivity contribution in [1.82, 2.24) is 0 Å². The second kappa shape index (κ2) is 11.1. The van der Waals surface area contributed by atoms with E-state index in [9.17, 15) is 0 Å². The molecule has 0 saturated carbocycles. The highest BCUT2D eigenvalue weighted by atomic mass is 16.5. The molecule has 0 aliphatic rings. The van der Waals surface area contributed by atoms with Gasteiger partial charge in [-0.15, -0.1) is 5.73 Å². The van der Waals surface area contributed by atoms with Gasteiger partial charge in [-0.05, 0) is 70.8 Å². The largest absolute Gasteiger partial charge is 0.497 e. The number of hydrogen-bond donors (Lipinski definition) is 0. The number of methoxy groups -OCH3 is 4. The monoisotopic (exact) mass is 464 g/mol. The van der Waals surface area contributed by atoms with Crippen molar-refractivity contribution >= 4 is 11.1 Å². The molecule has 0 spiro atoms. The van der Waals surface area contributed by atoms with Crippen molar-refractivity contribution in [3.05, 3.63) is 125 Å². The van der Waals surface area contributed by atoms with Crippen LogP contribution in [0, 0.1) is 0 Å². The molecule has 176 valence electrons. The van der Waals surface area contributed by atoms with Gasteiger partial charge in [-0.25, -0.2) is 0 Å². The highest BCUT2D eigenvalue weighted by molar-refractivity contribution is 5.89. The van der Waals surface area contributed by atoms with E-state index >= 15 is 0 Å². The van der Waals surface area contributed by atoms with Crippen LogP contribution in [0.2, 0.25) is 0 Å². The summed E-state index contributed by atoms with van der Waals surface area (Å²) in [6, 6.07) is 32.0. The summed E-state index contributed by atoms with van der Waals surface area (Å²) < 4.78 is 21.5. The van der Waals surface area contributed by atoms with Crippen LogP contribution in [0.25, 0.3) is 11.1 Å². The minimum absolute atomic E-state index is 0.803. The maximum atomic E-state index is 5.37. The molecule has 4 aromatic carbocycles. The van der Waals surface area contributed by atoms with Gasteiger partial charge >= 0.3 is 0 Å². The summed E-state index contributed by atoms with van der Waals surface area (Å²) in [5.41, 5.74) is 9.74. The average molecular weight is 465 g/mol. The zero-order chi connectivity index (χ0) is 24.6. The Hall–Kier alpha value is -4.40. The summed E-state index contributed by atoms with van der Waals surface area (Å²) in [7, 11) is 6.67. The van der Waals surface area contributed by atoms with E-state index in [1.165, 1.54) is 0 Å². The van der Waals surface area contributed by atoms with Crippen molar-refractivity contribution in [3.8, 4) is 23.0 Å². The normalized spacial score (nSPS) is 10.2. The molecule has 0 N–H and O–H groups in total. The summed E-state index contributed by atoms with van der Waals surface area (Å²) in [5, 5.41) is 0. The second-order valence-corrected chi connectivity index (χ2v) is 7.79. The van der Waals surface area contributed by atoms with Gasteiger partial charge in [0.2, 0.25) is 0 Å². The Balaban J connectivity index is 2.00. The van der Waals surface area contributed by atoms with Crippen LogP contribution in [-0.2, 0) is 0 Å². The van der Waals surface area contributed by atoms with E-state index in [0.29, 0.717) is 0 Å². The second-order valence-electron chi connectivity index (χ2n) is 7.79. The molecule has 4 nitrogen and oxygen atoms in total. The van der Waals surface area contributed by atoms with Crippen LogP contribution in [0.4, 0.5) is 0 Å². The topological polar surface area (TPSA) is 36.9 Å². The molecule has 4 rings (SSSR count). The third-order valence-electron chi connectivity index (χ3n) is 5.76. The van der Waals surface area contributed by atoms with E-state index < -0.39 is 0 Å². The summed E-state index contributed by atoms with van der Waals surface area (Å²) >= 11 is 0. The van der Waals surface area contributed by atoms with E-state index in [0.717, 1.165) is 56.4 Å². The Bertz CT molecular complexity index is 1110. The molecule has 0 amide bonds. The predicted octanol–water partition coefficient (Wildman–Crippen LogP) is 6.88. The summed E-state index contributed by atoms with van der Waals surface area (Å²) in [6.45, 7) is 0. The minimum Gasteiger partial charge on any atom is -0.497 e. The Morgan fingerprint density at radius 3 is 0.743 bits per heavy atom. The first-order valence-electron chi connectivity index (χ1n) is 11.2. The molecule has 0 saturated heterocycles. The van der Waals surface area contributed by atoms with E-state index in [1.54, 1.807) is 28.4 Å². The van der Waals surface area contributed by atoms with Gasteiger partial charge in [0.05, 0.1) is 28.4 Å². The van der Waals surface area contributed by atoms with Crippen LogP contribution >= 0.6 is 0 Å². The van der Waals surface area contributed by atoms with Gasteiger partial charge in [-0.3, -0.25) is 0 Å². The van der Waals surface area contributed by atoms with Gasteiger partial charge < -0.3 is 18.9 Å². The average Bonchev–Trinajstić information content (AvgIpc) is 2.94. The number of hydrogen-bond acceptors (Lipinski definition) is 4. The third-order valence-corrected chi connectivity index (χ3v) is 5.76. The lowest BCUT2D eigenvalue weighted by Crippen LogP contribution is -1.93. The molecule has 0 aromatic heterocycles. The molecule has 4 aromatic rings. The van der Waals surface area contributed by atoms with E-state index in [-0.39, 0.29) is 0 Å². The predicted molar refractivity (Wildman–Crippen MR) is 141 cm³/mol. The standard InChI is InChI=1S/C31H28O4/c1-32-26-13-5-22(6-14-26)30(23-7-15-27(33-2)16-8-23)21-31(24-9-17-28(34-3)18-10-24)25-11-19-29(35-4)20-12-25/h5-20H,1-4H3. The molecule has 0 bridgehead atoms. The maximum absolute atomic E-state index is 5.37. The molecule has 0 fully saturated rings. The Morgan fingerprint density at radius 2 is 0.571 bits per heavy atom. The van der Waals surface area contributed by atoms with Crippen LogP contribution in [0.15, 0.2) is 103 Å². The fourth-order valence-electron chi connectivity index (χ4n) is 3.78. The van der Waals surface area contributed by atoms with Gasteiger partial charge in [-0.2, -0.15) is 0 Å². The van der Waals surface area contributed by atoms with Gasteiger partial charge in [-0.1, -0.05) is 48.5 Å². The lowest BCUT2D eigenvalue weighted by atomic mass is 9.93. The van der Waals surface area contributed by atoms with Crippen molar-refractivity contribution in [3.63, 3.8) is 0 Å². The first-order valence-corrected chi connectivity index (χ1v) is 11.2. The van der Waals surface area contributed by atoms with Crippen LogP contribution in [0.5, 0.6) is 23.0 Å². The van der Waals surface area contributed by atoms with Gasteiger partial charge in [0.25, 0.3) is 0 Å². The first kappa shape index (κ1) is 23.7. The fourth-order valence-corrected chi connectivity index (χ4v) is 3.78. The molecule has 0 atom stereocenters. The number of benzene rings is 4.